The van der Waals surface area contributed by atoms with E-state index in [1.807, 2.05) is 30.3 Å². The Labute approximate surface area is 204 Å². The zero-order valence-corrected chi connectivity index (χ0v) is 20.0. The molecule has 1 N–H and O–H groups in total. The number of hydrogen-bond acceptors (Lipinski definition) is 5. The largest absolute Gasteiger partial charge is 0.448 e. The van der Waals surface area contributed by atoms with Crippen molar-refractivity contribution in [3.8, 4) is 11.5 Å². The van der Waals surface area contributed by atoms with Gasteiger partial charge in [0, 0.05) is 36.7 Å². The predicted molar refractivity (Wildman–Crippen MR) is 133 cm³/mol. The minimum absolute atomic E-state index is 0.163. The lowest BCUT2D eigenvalue weighted by Gasteiger charge is -2.30. The highest BCUT2D eigenvalue weighted by molar-refractivity contribution is 7.92. The lowest BCUT2D eigenvalue weighted by atomic mass is 10.0. The van der Waals surface area contributed by atoms with Gasteiger partial charge in [-0.15, -0.1) is 0 Å². The van der Waals surface area contributed by atoms with Crippen LogP contribution in [0.5, 0.6) is 11.5 Å². The maximum absolute atomic E-state index is 13.3. The van der Waals surface area contributed by atoms with Crippen molar-refractivity contribution in [2.45, 2.75) is 49.2 Å². The number of carbonyl (C=O) groups is 1. The number of nitrogens with one attached hydrogen (secondary N) is 1. The van der Waals surface area contributed by atoms with Gasteiger partial charge >= 0.3 is 0 Å². The van der Waals surface area contributed by atoms with E-state index in [9.17, 15) is 13.2 Å². The third-order valence-electron chi connectivity index (χ3n) is 6.93. The van der Waals surface area contributed by atoms with Crippen LogP contribution in [0.2, 0.25) is 0 Å². The molecule has 0 saturated heterocycles. The summed E-state index contributed by atoms with van der Waals surface area (Å²) in [6.45, 7) is 0.437. The van der Waals surface area contributed by atoms with Crippen molar-refractivity contribution >= 4 is 27.3 Å². The molecule has 1 aliphatic carbocycles. The highest BCUT2D eigenvalue weighted by atomic mass is 32.2. The van der Waals surface area contributed by atoms with Gasteiger partial charge in [0.05, 0.1) is 10.6 Å². The molecule has 0 unspecified atom stereocenters. The van der Waals surface area contributed by atoms with E-state index in [2.05, 4.69) is 5.32 Å². The van der Waals surface area contributed by atoms with Gasteiger partial charge in [0.15, 0.2) is 11.5 Å². The third-order valence-corrected chi connectivity index (χ3v) is 8.76. The first-order valence-electron chi connectivity index (χ1n) is 12.0. The number of aryl methyl sites for hydroxylation is 1. The molecule has 0 aromatic heterocycles. The maximum Gasteiger partial charge on any atom is 0.264 e. The van der Waals surface area contributed by atoms with Crippen LogP contribution in [0.1, 0.15) is 48.0 Å². The molecule has 0 atom stereocenters. The van der Waals surface area contributed by atoms with Crippen LogP contribution in [-0.4, -0.2) is 26.7 Å². The molecule has 3 aromatic carbocycles. The Morgan fingerprint density at radius 3 is 2.43 bits per heavy atom. The molecule has 35 heavy (non-hydrogen) atoms. The number of amides is 1. The SMILES string of the molecule is O=C(Nc1ccc2c(c1)OC1(CCCC1)O2)c1ccc(S(=O)(=O)N2CCCc3ccccc32)cc1. The second-order valence-electron chi connectivity index (χ2n) is 9.27. The summed E-state index contributed by atoms with van der Waals surface area (Å²) in [6.07, 6.45) is 5.51. The number of hydrogen-bond donors (Lipinski definition) is 1. The van der Waals surface area contributed by atoms with Crippen molar-refractivity contribution in [2.75, 3.05) is 16.2 Å². The van der Waals surface area contributed by atoms with Crippen molar-refractivity contribution < 1.29 is 22.7 Å². The normalized spacial score (nSPS) is 17.9. The summed E-state index contributed by atoms with van der Waals surface area (Å²) in [5.41, 5.74) is 2.71. The van der Waals surface area contributed by atoms with Crippen LogP contribution >= 0.6 is 0 Å². The Hall–Kier alpha value is -3.52. The lowest BCUT2D eigenvalue weighted by Crippen LogP contribution is -2.35. The summed E-state index contributed by atoms with van der Waals surface area (Å²) >= 11 is 0. The zero-order chi connectivity index (χ0) is 24.0. The molecule has 1 fully saturated rings. The van der Waals surface area contributed by atoms with Crippen LogP contribution in [0, 0.1) is 0 Å². The second kappa shape index (κ2) is 8.30. The fraction of sp³-hybridized carbons (Fsp3) is 0.296. The van der Waals surface area contributed by atoms with Crippen molar-refractivity contribution in [1.82, 2.24) is 0 Å². The van der Waals surface area contributed by atoms with Gasteiger partial charge in [0.25, 0.3) is 21.7 Å². The van der Waals surface area contributed by atoms with Crippen LogP contribution in [0.15, 0.2) is 71.6 Å². The van der Waals surface area contributed by atoms with Gasteiger partial charge in [-0.1, -0.05) is 18.2 Å². The van der Waals surface area contributed by atoms with E-state index in [0.29, 0.717) is 29.3 Å². The average molecular weight is 491 g/mol. The van der Waals surface area contributed by atoms with E-state index in [-0.39, 0.29) is 10.8 Å². The average Bonchev–Trinajstić information content (AvgIpc) is 3.48. The number of fused-ring (bicyclic) bond motifs is 2. The second-order valence-corrected chi connectivity index (χ2v) is 11.1. The first-order valence-corrected chi connectivity index (χ1v) is 13.4. The van der Waals surface area contributed by atoms with Crippen LogP contribution in [0.25, 0.3) is 0 Å². The molecule has 2 heterocycles. The minimum Gasteiger partial charge on any atom is -0.448 e. The Bertz CT molecular complexity index is 1400. The van der Waals surface area contributed by atoms with Gasteiger partial charge in [-0.3, -0.25) is 9.10 Å². The molecule has 6 rings (SSSR count). The summed E-state index contributed by atoms with van der Waals surface area (Å²) < 4.78 is 40.2. The molecule has 0 bridgehead atoms. The zero-order valence-electron chi connectivity index (χ0n) is 19.2. The number of ether oxygens (including phenoxy) is 2. The molecule has 7 nitrogen and oxygen atoms in total. The standard InChI is InChI=1S/C27H26N2O5S/c30-26(28-21-11-14-24-25(18-21)34-27(33-24)15-3-4-16-27)20-9-12-22(13-10-20)35(31,32)29-17-5-7-19-6-1-2-8-23(19)29/h1-2,6,8-14,18H,3-5,7,15-17H2,(H,28,30). The Morgan fingerprint density at radius 2 is 1.63 bits per heavy atom. The number of anilines is 2. The molecule has 8 heteroatoms. The van der Waals surface area contributed by atoms with E-state index in [1.165, 1.54) is 16.4 Å². The molecule has 180 valence electrons. The number of carbonyl (C=O) groups excluding carboxylic acids is 1. The number of para-hydroxylation sites is 1. The van der Waals surface area contributed by atoms with Crippen molar-refractivity contribution in [3.05, 3.63) is 77.9 Å². The highest BCUT2D eigenvalue weighted by Crippen LogP contribution is 2.47. The van der Waals surface area contributed by atoms with Crippen molar-refractivity contribution in [2.24, 2.45) is 0 Å². The van der Waals surface area contributed by atoms with Gasteiger partial charge < -0.3 is 14.8 Å². The Morgan fingerprint density at radius 1 is 0.886 bits per heavy atom. The molecule has 1 spiro atoms. The first kappa shape index (κ1) is 22.0. The van der Waals surface area contributed by atoms with E-state index in [1.54, 1.807) is 24.3 Å². The van der Waals surface area contributed by atoms with Crippen molar-refractivity contribution in [3.63, 3.8) is 0 Å². The fourth-order valence-electron chi connectivity index (χ4n) is 5.15. The van der Waals surface area contributed by atoms with Crippen LogP contribution in [-0.2, 0) is 16.4 Å². The summed E-state index contributed by atoms with van der Waals surface area (Å²) in [5, 5.41) is 2.87. The summed E-state index contributed by atoms with van der Waals surface area (Å²) in [7, 11) is -3.72. The van der Waals surface area contributed by atoms with E-state index < -0.39 is 15.8 Å². The fourth-order valence-corrected chi connectivity index (χ4v) is 6.69. The maximum atomic E-state index is 13.3. The minimum atomic E-state index is -3.72. The number of nitrogens with zero attached hydrogens (tertiary/aromatic N) is 1. The molecular weight excluding hydrogens is 464 g/mol. The van der Waals surface area contributed by atoms with Crippen LogP contribution in [0.4, 0.5) is 11.4 Å². The van der Waals surface area contributed by atoms with Gasteiger partial charge in [-0.05, 0) is 73.7 Å². The molecule has 0 radical (unpaired) electrons. The Balaban J connectivity index is 1.18. The van der Waals surface area contributed by atoms with Gasteiger partial charge in [0.1, 0.15) is 0 Å². The van der Waals surface area contributed by atoms with Crippen molar-refractivity contribution in [1.29, 1.82) is 0 Å². The monoisotopic (exact) mass is 490 g/mol. The number of sulfonamides is 1. The van der Waals surface area contributed by atoms with E-state index in [0.717, 1.165) is 49.8 Å². The lowest BCUT2D eigenvalue weighted by molar-refractivity contribution is -0.0716. The quantitative estimate of drug-likeness (QED) is 0.549. The molecule has 2 aliphatic heterocycles. The van der Waals surface area contributed by atoms with Crippen LogP contribution < -0.4 is 19.1 Å². The topological polar surface area (TPSA) is 84.9 Å². The molecular formula is C27H26N2O5S. The first-order chi connectivity index (χ1) is 16.9. The molecule has 1 amide bonds. The van der Waals surface area contributed by atoms with Gasteiger partial charge in [0.2, 0.25) is 0 Å². The highest BCUT2D eigenvalue weighted by Gasteiger charge is 2.44. The number of rotatable bonds is 4. The molecule has 1 saturated carbocycles. The summed E-state index contributed by atoms with van der Waals surface area (Å²) in [4.78, 5) is 13.0. The van der Waals surface area contributed by atoms with Gasteiger partial charge in [-0.25, -0.2) is 8.42 Å². The van der Waals surface area contributed by atoms with E-state index in [4.69, 9.17) is 9.47 Å². The number of benzene rings is 3. The summed E-state index contributed by atoms with van der Waals surface area (Å²) in [6, 6.07) is 19.0. The van der Waals surface area contributed by atoms with Gasteiger partial charge in [-0.2, -0.15) is 0 Å². The smallest absolute Gasteiger partial charge is 0.264 e. The predicted octanol–water partition coefficient (Wildman–Crippen LogP) is 5.12. The molecule has 3 aromatic rings. The van der Waals surface area contributed by atoms with Crippen LogP contribution in [0.3, 0.4) is 0 Å². The molecule has 3 aliphatic rings. The summed E-state index contributed by atoms with van der Waals surface area (Å²) in [5.74, 6) is 0.444. The van der Waals surface area contributed by atoms with E-state index >= 15 is 0 Å². The third kappa shape index (κ3) is 3.91. The Kier molecular flexibility index (Phi) is 5.21.